The van der Waals surface area contributed by atoms with Crippen molar-refractivity contribution in [3.8, 4) is 6.07 Å². The van der Waals surface area contributed by atoms with E-state index >= 15 is 0 Å². The second-order valence-electron chi connectivity index (χ2n) is 4.22. The van der Waals surface area contributed by atoms with Crippen molar-refractivity contribution in [2.45, 2.75) is 13.0 Å². The van der Waals surface area contributed by atoms with E-state index in [4.69, 9.17) is 5.26 Å². The van der Waals surface area contributed by atoms with Crippen LogP contribution in [0.3, 0.4) is 0 Å². The molecule has 1 aromatic carbocycles. The molecule has 0 unspecified atom stereocenters. The predicted molar refractivity (Wildman–Crippen MR) is 66.8 cm³/mol. The normalized spacial score (nSPS) is 18.6. The van der Waals surface area contributed by atoms with Gasteiger partial charge in [0.25, 0.3) is 5.91 Å². The molecule has 0 fully saturated rings. The summed E-state index contributed by atoms with van der Waals surface area (Å²) in [5, 5.41) is 18.6. The quantitative estimate of drug-likeness (QED) is 0.831. The standard InChI is InChI=1S/C14H12N2O3/c1-9(17)11-12(10-5-3-2-4-6-10)16(8-7-15)14(19)13(11)18/h2-6,12,18H,8H2,1H3/t12-/m0/s1. The van der Waals surface area contributed by atoms with Gasteiger partial charge in [0.05, 0.1) is 17.7 Å². The highest BCUT2D eigenvalue weighted by Gasteiger charge is 2.42. The monoisotopic (exact) mass is 256 g/mol. The molecular weight excluding hydrogens is 244 g/mol. The number of aliphatic hydroxyl groups excluding tert-OH is 1. The number of benzene rings is 1. The molecule has 1 aromatic rings. The molecule has 0 saturated carbocycles. The second-order valence-corrected chi connectivity index (χ2v) is 4.22. The molecule has 0 spiro atoms. The topological polar surface area (TPSA) is 81.4 Å². The van der Waals surface area contributed by atoms with E-state index in [0.717, 1.165) is 0 Å². The largest absolute Gasteiger partial charge is 0.503 e. The lowest BCUT2D eigenvalue weighted by molar-refractivity contribution is -0.128. The zero-order valence-electron chi connectivity index (χ0n) is 10.3. The van der Waals surface area contributed by atoms with Crippen molar-refractivity contribution >= 4 is 11.7 Å². The van der Waals surface area contributed by atoms with Gasteiger partial charge in [-0.25, -0.2) is 0 Å². The molecule has 1 aliphatic heterocycles. The first-order valence-electron chi connectivity index (χ1n) is 5.75. The number of nitriles is 1. The molecule has 96 valence electrons. The fourth-order valence-electron chi connectivity index (χ4n) is 2.23. The Hall–Kier alpha value is -2.61. The van der Waals surface area contributed by atoms with Gasteiger partial charge in [-0.15, -0.1) is 0 Å². The lowest BCUT2D eigenvalue weighted by atomic mass is 9.97. The van der Waals surface area contributed by atoms with E-state index in [9.17, 15) is 14.7 Å². The van der Waals surface area contributed by atoms with Crippen LogP contribution in [0, 0.1) is 11.3 Å². The summed E-state index contributed by atoms with van der Waals surface area (Å²) >= 11 is 0. The number of ketones is 1. The molecule has 19 heavy (non-hydrogen) atoms. The van der Waals surface area contributed by atoms with Gasteiger partial charge in [-0.1, -0.05) is 30.3 Å². The van der Waals surface area contributed by atoms with Crippen LogP contribution in [0.2, 0.25) is 0 Å². The Morgan fingerprint density at radius 3 is 2.58 bits per heavy atom. The fourth-order valence-corrected chi connectivity index (χ4v) is 2.23. The third kappa shape index (κ3) is 2.08. The smallest absolute Gasteiger partial charge is 0.290 e. The van der Waals surface area contributed by atoms with Crippen LogP contribution in [0.25, 0.3) is 0 Å². The van der Waals surface area contributed by atoms with E-state index in [2.05, 4.69) is 0 Å². The summed E-state index contributed by atoms with van der Waals surface area (Å²) < 4.78 is 0. The summed E-state index contributed by atoms with van der Waals surface area (Å²) in [6, 6.07) is 10.1. The average molecular weight is 256 g/mol. The number of hydrogen-bond acceptors (Lipinski definition) is 4. The lowest BCUT2D eigenvalue weighted by Crippen LogP contribution is -2.31. The van der Waals surface area contributed by atoms with Crippen molar-refractivity contribution < 1.29 is 14.7 Å². The van der Waals surface area contributed by atoms with Crippen molar-refractivity contribution in [3.05, 3.63) is 47.2 Å². The number of rotatable bonds is 3. The van der Waals surface area contributed by atoms with Crippen LogP contribution in [0.1, 0.15) is 18.5 Å². The molecule has 0 aromatic heterocycles. The van der Waals surface area contributed by atoms with Crippen molar-refractivity contribution in [1.29, 1.82) is 5.26 Å². The van der Waals surface area contributed by atoms with Gasteiger partial charge in [-0.3, -0.25) is 9.59 Å². The number of carbonyl (C=O) groups excluding carboxylic acids is 2. The number of aliphatic hydroxyl groups is 1. The minimum Gasteiger partial charge on any atom is -0.503 e. The molecule has 2 rings (SSSR count). The number of hydrogen-bond donors (Lipinski definition) is 1. The van der Waals surface area contributed by atoms with Crippen molar-refractivity contribution in [2.75, 3.05) is 6.54 Å². The Kier molecular flexibility index (Phi) is 3.34. The minimum atomic E-state index is -0.689. The molecule has 0 radical (unpaired) electrons. The average Bonchev–Trinajstić information content (AvgIpc) is 2.65. The molecule has 5 nitrogen and oxygen atoms in total. The number of amides is 1. The highest BCUT2D eigenvalue weighted by atomic mass is 16.3. The Labute approximate surface area is 110 Å². The lowest BCUT2D eigenvalue weighted by Gasteiger charge is -2.23. The number of Topliss-reactive ketones (excluding diaryl/α,β-unsaturated/α-hetero) is 1. The van der Waals surface area contributed by atoms with E-state index in [-0.39, 0.29) is 17.9 Å². The van der Waals surface area contributed by atoms with Crippen LogP contribution < -0.4 is 0 Å². The molecule has 0 aliphatic carbocycles. The van der Waals surface area contributed by atoms with Gasteiger partial charge in [0.15, 0.2) is 11.5 Å². The predicted octanol–water partition coefficient (Wildman–Crippen LogP) is 1.49. The van der Waals surface area contributed by atoms with Crippen LogP contribution >= 0.6 is 0 Å². The highest BCUT2D eigenvalue weighted by Crippen LogP contribution is 2.36. The van der Waals surface area contributed by atoms with Crippen LogP contribution in [0.5, 0.6) is 0 Å². The van der Waals surface area contributed by atoms with E-state index < -0.39 is 17.7 Å². The summed E-state index contributed by atoms with van der Waals surface area (Å²) in [5.41, 5.74) is 0.742. The first-order chi connectivity index (χ1) is 9.07. The molecule has 1 aliphatic rings. The molecule has 0 bridgehead atoms. The van der Waals surface area contributed by atoms with E-state index in [1.54, 1.807) is 24.3 Å². The Bertz CT molecular complexity index is 599. The van der Waals surface area contributed by atoms with Gasteiger partial charge in [-0.05, 0) is 12.5 Å². The van der Waals surface area contributed by atoms with Gasteiger partial charge >= 0.3 is 0 Å². The van der Waals surface area contributed by atoms with Gasteiger partial charge in [0.2, 0.25) is 0 Å². The number of nitrogens with zero attached hydrogens (tertiary/aromatic N) is 2. The van der Waals surface area contributed by atoms with E-state index in [0.29, 0.717) is 5.56 Å². The molecular formula is C14H12N2O3. The first kappa shape index (κ1) is 12.8. The van der Waals surface area contributed by atoms with E-state index in [1.807, 2.05) is 12.1 Å². The summed E-state index contributed by atoms with van der Waals surface area (Å²) in [6.45, 7) is 1.11. The minimum absolute atomic E-state index is 0.0476. The van der Waals surface area contributed by atoms with Gasteiger partial charge in [0.1, 0.15) is 6.54 Å². The SMILES string of the molecule is CC(=O)C1=C(O)C(=O)N(CC#N)[C@H]1c1ccccc1. The van der Waals surface area contributed by atoms with Crippen LogP contribution in [-0.4, -0.2) is 28.2 Å². The van der Waals surface area contributed by atoms with Crippen molar-refractivity contribution in [3.63, 3.8) is 0 Å². The Morgan fingerprint density at radius 1 is 1.42 bits per heavy atom. The highest BCUT2D eigenvalue weighted by molar-refractivity contribution is 6.08. The maximum atomic E-state index is 11.9. The molecule has 1 N–H and O–H groups in total. The first-order valence-corrected chi connectivity index (χ1v) is 5.75. The Balaban J connectivity index is 2.55. The molecule has 1 amide bonds. The summed E-state index contributed by atoms with van der Waals surface area (Å²) in [7, 11) is 0. The zero-order valence-corrected chi connectivity index (χ0v) is 10.3. The van der Waals surface area contributed by atoms with E-state index in [1.165, 1.54) is 11.8 Å². The Morgan fingerprint density at radius 2 is 2.05 bits per heavy atom. The van der Waals surface area contributed by atoms with Crippen molar-refractivity contribution in [1.82, 2.24) is 4.90 Å². The third-order valence-electron chi connectivity index (χ3n) is 3.04. The van der Waals surface area contributed by atoms with Crippen LogP contribution in [0.4, 0.5) is 0 Å². The van der Waals surface area contributed by atoms with Gasteiger partial charge in [-0.2, -0.15) is 5.26 Å². The van der Waals surface area contributed by atoms with Crippen LogP contribution in [-0.2, 0) is 9.59 Å². The fraction of sp³-hybridized carbons (Fsp3) is 0.214. The summed E-state index contributed by atoms with van der Waals surface area (Å²) in [4.78, 5) is 24.8. The molecule has 1 atom stereocenters. The number of carbonyl (C=O) groups is 2. The second kappa shape index (κ2) is 4.94. The zero-order chi connectivity index (χ0) is 14.0. The van der Waals surface area contributed by atoms with Gasteiger partial charge in [0, 0.05) is 0 Å². The molecule has 5 heteroatoms. The maximum absolute atomic E-state index is 11.9. The summed E-state index contributed by atoms with van der Waals surface area (Å²) in [5.74, 6) is -1.61. The third-order valence-corrected chi connectivity index (χ3v) is 3.04. The molecule has 1 heterocycles. The van der Waals surface area contributed by atoms with Crippen molar-refractivity contribution in [2.24, 2.45) is 0 Å². The molecule has 0 saturated heterocycles. The maximum Gasteiger partial charge on any atom is 0.290 e. The van der Waals surface area contributed by atoms with Gasteiger partial charge < -0.3 is 10.0 Å². The summed E-state index contributed by atoms with van der Waals surface area (Å²) in [6.07, 6.45) is 0. The van der Waals surface area contributed by atoms with Crippen LogP contribution in [0.15, 0.2) is 41.7 Å².